The first-order valence-corrected chi connectivity index (χ1v) is 8.63. The summed E-state index contributed by atoms with van der Waals surface area (Å²) in [4.78, 5) is 18.9. The molecule has 1 aromatic heterocycles. The summed E-state index contributed by atoms with van der Waals surface area (Å²) in [5.74, 6) is -0.235. The van der Waals surface area contributed by atoms with Crippen molar-refractivity contribution in [3.63, 3.8) is 0 Å². The molecule has 0 saturated carbocycles. The Morgan fingerprint density at radius 3 is 2.78 bits per heavy atom. The Hall–Kier alpha value is -3.31. The van der Waals surface area contributed by atoms with Gasteiger partial charge in [-0.15, -0.1) is 0 Å². The van der Waals surface area contributed by atoms with Gasteiger partial charge in [0.15, 0.2) is 0 Å². The van der Waals surface area contributed by atoms with Gasteiger partial charge in [0, 0.05) is 15.6 Å². The predicted molar refractivity (Wildman–Crippen MR) is 105 cm³/mol. The number of hydrogen-bond donors (Lipinski definition) is 2. The van der Waals surface area contributed by atoms with E-state index in [9.17, 15) is 14.4 Å². The molecule has 2 N–H and O–H groups in total. The zero-order valence-electron chi connectivity index (χ0n) is 14.1. The van der Waals surface area contributed by atoms with Gasteiger partial charge in [0.05, 0.1) is 11.9 Å². The number of aryl methyl sites for hydroxylation is 1. The summed E-state index contributed by atoms with van der Waals surface area (Å²) in [5, 5.41) is 13.3. The van der Waals surface area contributed by atoms with E-state index in [2.05, 4.69) is 36.4 Å². The van der Waals surface area contributed by atoms with Crippen molar-refractivity contribution in [1.29, 1.82) is 5.26 Å². The molecule has 2 aromatic carbocycles. The van der Waals surface area contributed by atoms with E-state index in [4.69, 9.17) is 0 Å². The average molecular weight is 426 g/mol. The lowest BCUT2D eigenvalue weighted by Crippen LogP contribution is -2.16. The number of hydrogen-bond acceptors (Lipinski definition) is 5. The van der Waals surface area contributed by atoms with Gasteiger partial charge in [-0.2, -0.15) is 10.4 Å². The lowest BCUT2D eigenvalue weighted by molar-refractivity contribution is 0.617. The molecule has 0 aliphatic carbocycles. The Bertz CT molecular complexity index is 1120. The van der Waals surface area contributed by atoms with Gasteiger partial charge in [-0.1, -0.05) is 46.3 Å². The van der Waals surface area contributed by atoms with Gasteiger partial charge in [-0.3, -0.25) is 9.78 Å². The SMILES string of the molecule is Cc1cc(C=NNc2nc(-c3ccccc3)c(C#N)c(=O)[nH]2)c(Br)cc1F. The van der Waals surface area contributed by atoms with Crippen molar-refractivity contribution in [3.8, 4) is 17.3 Å². The van der Waals surface area contributed by atoms with E-state index in [0.717, 1.165) is 0 Å². The highest BCUT2D eigenvalue weighted by Crippen LogP contribution is 2.21. The maximum atomic E-state index is 13.5. The van der Waals surface area contributed by atoms with Crippen LogP contribution < -0.4 is 11.0 Å². The van der Waals surface area contributed by atoms with Crippen molar-refractivity contribution in [2.45, 2.75) is 6.92 Å². The summed E-state index contributed by atoms with van der Waals surface area (Å²) in [6.45, 7) is 1.65. The number of nitrogens with one attached hydrogen (secondary N) is 2. The zero-order valence-corrected chi connectivity index (χ0v) is 15.7. The molecule has 0 aliphatic rings. The molecular formula is C19H13BrFN5O. The number of nitrogens with zero attached hydrogens (tertiary/aromatic N) is 3. The van der Waals surface area contributed by atoms with E-state index in [1.807, 2.05) is 12.1 Å². The van der Waals surface area contributed by atoms with E-state index < -0.39 is 5.56 Å². The molecule has 0 aliphatic heterocycles. The minimum atomic E-state index is -0.567. The summed E-state index contributed by atoms with van der Waals surface area (Å²) in [6, 6.07) is 13.8. The van der Waals surface area contributed by atoms with E-state index in [1.54, 1.807) is 37.3 Å². The Balaban J connectivity index is 1.93. The number of nitriles is 1. The van der Waals surface area contributed by atoms with E-state index in [1.165, 1.54) is 12.3 Å². The molecule has 27 heavy (non-hydrogen) atoms. The highest BCUT2D eigenvalue weighted by Gasteiger charge is 2.12. The molecule has 0 amide bonds. The molecule has 1 heterocycles. The molecular weight excluding hydrogens is 413 g/mol. The summed E-state index contributed by atoms with van der Waals surface area (Å²) in [7, 11) is 0. The molecule has 6 nitrogen and oxygen atoms in total. The average Bonchev–Trinajstić information content (AvgIpc) is 2.66. The van der Waals surface area contributed by atoms with Gasteiger partial charge < -0.3 is 0 Å². The lowest BCUT2D eigenvalue weighted by atomic mass is 10.1. The predicted octanol–water partition coefficient (Wildman–Crippen LogP) is 3.96. The Morgan fingerprint density at radius 1 is 1.33 bits per heavy atom. The minimum Gasteiger partial charge on any atom is -0.290 e. The van der Waals surface area contributed by atoms with Crippen LogP contribution >= 0.6 is 15.9 Å². The molecule has 8 heteroatoms. The van der Waals surface area contributed by atoms with Crippen LogP contribution in [0, 0.1) is 24.1 Å². The van der Waals surface area contributed by atoms with Gasteiger partial charge >= 0.3 is 0 Å². The normalized spacial score (nSPS) is 10.7. The number of H-pyrrole nitrogens is 1. The molecule has 3 rings (SSSR count). The number of anilines is 1. The molecule has 0 spiro atoms. The van der Waals surface area contributed by atoms with E-state index in [-0.39, 0.29) is 23.0 Å². The van der Waals surface area contributed by atoms with Gasteiger partial charge in [-0.05, 0) is 24.6 Å². The Labute approximate surface area is 162 Å². The van der Waals surface area contributed by atoms with Crippen molar-refractivity contribution in [2.75, 3.05) is 5.43 Å². The van der Waals surface area contributed by atoms with Crippen molar-refractivity contribution in [3.05, 3.63) is 79.8 Å². The number of benzene rings is 2. The van der Waals surface area contributed by atoms with Gasteiger partial charge in [-0.25, -0.2) is 14.8 Å². The number of rotatable bonds is 4. The highest BCUT2D eigenvalue weighted by atomic mass is 79.9. The molecule has 0 atom stereocenters. The fraction of sp³-hybridized carbons (Fsp3) is 0.0526. The van der Waals surface area contributed by atoms with Crippen LogP contribution in [-0.4, -0.2) is 16.2 Å². The van der Waals surface area contributed by atoms with Crippen molar-refractivity contribution >= 4 is 28.1 Å². The fourth-order valence-electron chi connectivity index (χ4n) is 2.38. The monoisotopic (exact) mass is 425 g/mol. The Morgan fingerprint density at radius 2 is 2.07 bits per heavy atom. The van der Waals surface area contributed by atoms with Crippen LogP contribution in [-0.2, 0) is 0 Å². The topological polar surface area (TPSA) is 93.9 Å². The van der Waals surface area contributed by atoms with Crippen LogP contribution in [0.4, 0.5) is 10.3 Å². The fourth-order valence-corrected chi connectivity index (χ4v) is 2.79. The van der Waals surface area contributed by atoms with Crippen molar-refractivity contribution in [1.82, 2.24) is 9.97 Å². The summed E-state index contributed by atoms with van der Waals surface area (Å²) < 4.78 is 14.0. The largest absolute Gasteiger partial charge is 0.290 e. The first kappa shape index (κ1) is 18.5. The number of hydrazone groups is 1. The third-order valence-electron chi connectivity index (χ3n) is 3.73. The third kappa shape index (κ3) is 4.10. The minimum absolute atomic E-state index is 0.0763. The van der Waals surface area contributed by atoms with Gasteiger partial charge in [0.1, 0.15) is 17.4 Å². The molecule has 0 saturated heterocycles. The first-order valence-electron chi connectivity index (χ1n) is 7.84. The zero-order chi connectivity index (χ0) is 19.4. The molecule has 134 valence electrons. The third-order valence-corrected chi connectivity index (χ3v) is 4.42. The maximum Gasteiger partial charge on any atom is 0.270 e. The number of halogens is 2. The second kappa shape index (κ2) is 7.93. The smallest absolute Gasteiger partial charge is 0.270 e. The maximum absolute atomic E-state index is 13.5. The molecule has 0 unspecified atom stereocenters. The van der Waals surface area contributed by atoms with Crippen LogP contribution in [0.2, 0.25) is 0 Å². The van der Waals surface area contributed by atoms with Crippen molar-refractivity contribution in [2.24, 2.45) is 5.10 Å². The molecule has 3 aromatic rings. The second-order valence-electron chi connectivity index (χ2n) is 5.61. The molecule has 0 bridgehead atoms. The van der Waals surface area contributed by atoms with Gasteiger partial charge in [0.25, 0.3) is 5.56 Å². The summed E-state index contributed by atoms with van der Waals surface area (Å²) in [5.41, 5.74) is 4.03. The van der Waals surface area contributed by atoms with E-state index in [0.29, 0.717) is 21.2 Å². The quantitative estimate of drug-likeness (QED) is 0.488. The number of aromatic amines is 1. The lowest BCUT2D eigenvalue weighted by Gasteiger charge is -2.06. The summed E-state index contributed by atoms with van der Waals surface area (Å²) in [6.07, 6.45) is 1.47. The van der Waals surface area contributed by atoms with Crippen LogP contribution in [0.5, 0.6) is 0 Å². The van der Waals surface area contributed by atoms with Crippen LogP contribution in [0.3, 0.4) is 0 Å². The van der Waals surface area contributed by atoms with Crippen LogP contribution in [0.1, 0.15) is 16.7 Å². The van der Waals surface area contributed by atoms with Crippen LogP contribution in [0.15, 0.2) is 56.8 Å². The van der Waals surface area contributed by atoms with Crippen LogP contribution in [0.25, 0.3) is 11.3 Å². The molecule has 0 fully saturated rings. The Kier molecular flexibility index (Phi) is 5.43. The first-order chi connectivity index (χ1) is 13.0. The number of aromatic nitrogens is 2. The van der Waals surface area contributed by atoms with Crippen molar-refractivity contribution < 1.29 is 4.39 Å². The van der Waals surface area contributed by atoms with E-state index >= 15 is 0 Å². The summed E-state index contributed by atoms with van der Waals surface area (Å²) >= 11 is 3.27. The van der Waals surface area contributed by atoms with Gasteiger partial charge in [0.2, 0.25) is 5.95 Å². The highest BCUT2D eigenvalue weighted by molar-refractivity contribution is 9.10. The molecule has 0 radical (unpaired) electrons. The standard InChI is InChI=1S/C19H13BrFN5O/c1-11-7-13(15(20)8-16(11)21)10-23-26-19-24-17(12-5-3-2-4-6-12)14(9-22)18(27)25-19/h2-8,10H,1H3,(H2,24,25,26,27). The second-order valence-corrected chi connectivity index (χ2v) is 6.46.